The van der Waals surface area contributed by atoms with Gasteiger partial charge in [0.1, 0.15) is 12.1 Å². The molecule has 5 heteroatoms. The minimum absolute atomic E-state index is 0.473. The third-order valence-corrected chi connectivity index (χ3v) is 2.94. The molecular weight excluding hydrogens is 317 g/mol. The summed E-state index contributed by atoms with van der Waals surface area (Å²) in [6, 6.07) is 0. The second-order valence-corrected chi connectivity index (χ2v) is 5.83. The molecule has 0 saturated carbocycles. The van der Waals surface area contributed by atoms with Crippen molar-refractivity contribution in [1.29, 1.82) is 0 Å². The molecule has 1 atom stereocenters. The fraction of sp³-hybridized carbons (Fsp3) is 0.636. The molecule has 90 valence electrons. The van der Waals surface area contributed by atoms with Crippen LogP contribution in [0.25, 0.3) is 0 Å². The molecule has 1 heterocycles. The number of hydrogen-bond acceptors (Lipinski definition) is 4. The number of rotatable bonds is 5. The van der Waals surface area contributed by atoms with Crippen molar-refractivity contribution >= 4 is 28.4 Å². The summed E-state index contributed by atoms with van der Waals surface area (Å²) >= 11 is 2.17. The molecule has 0 amide bonds. The number of nitrogens with zero attached hydrogens (tertiary/aromatic N) is 2. The van der Waals surface area contributed by atoms with Gasteiger partial charge in [0, 0.05) is 12.7 Å². The van der Waals surface area contributed by atoms with E-state index in [1.807, 2.05) is 6.92 Å². The predicted octanol–water partition coefficient (Wildman–Crippen LogP) is 2.29. The molecule has 2 N–H and O–H groups in total. The van der Waals surface area contributed by atoms with E-state index in [1.54, 1.807) is 6.20 Å². The Labute approximate surface area is 110 Å². The highest BCUT2D eigenvalue weighted by molar-refractivity contribution is 14.1. The summed E-state index contributed by atoms with van der Waals surface area (Å²) in [7, 11) is 0. The molecule has 16 heavy (non-hydrogen) atoms. The van der Waals surface area contributed by atoms with E-state index in [4.69, 9.17) is 0 Å². The fourth-order valence-electron chi connectivity index (χ4n) is 1.67. The largest absolute Gasteiger partial charge is 0.388 e. The first-order valence-electron chi connectivity index (χ1n) is 5.32. The fourth-order valence-corrected chi connectivity index (χ4v) is 2.16. The zero-order valence-electron chi connectivity index (χ0n) is 9.87. The summed E-state index contributed by atoms with van der Waals surface area (Å²) in [4.78, 5) is 8.04. The summed E-state index contributed by atoms with van der Waals surface area (Å²) in [5.41, 5.74) is -0.706. The lowest BCUT2D eigenvalue weighted by Crippen LogP contribution is -2.35. The minimum atomic E-state index is -0.706. The Kier molecular flexibility index (Phi) is 4.91. The topological polar surface area (TPSA) is 58.0 Å². The van der Waals surface area contributed by atoms with Crippen LogP contribution in [0.15, 0.2) is 12.5 Å². The van der Waals surface area contributed by atoms with Gasteiger partial charge in [0.15, 0.2) is 0 Å². The molecule has 0 aliphatic carbocycles. The van der Waals surface area contributed by atoms with E-state index < -0.39 is 5.60 Å². The Bertz CT molecular complexity index is 342. The van der Waals surface area contributed by atoms with Crippen LogP contribution in [0, 0.1) is 9.49 Å². The van der Waals surface area contributed by atoms with Crippen molar-refractivity contribution < 1.29 is 5.11 Å². The standard InChI is InChI=1S/C11H18IN3O/c1-8(2)4-11(3,16)6-14-10-9(12)5-13-7-15-10/h5,7-8,16H,4,6H2,1-3H3,(H,13,14,15). The molecule has 1 unspecified atom stereocenters. The summed E-state index contributed by atoms with van der Waals surface area (Å²) in [5.74, 6) is 1.25. The maximum absolute atomic E-state index is 10.1. The zero-order valence-corrected chi connectivity index (χ0v) is 12.0. The van der Waals surface area contributed by atoms with Gasteiger partial charge < -0.3 is 10.4 Å². The lowest BCUT2D eigenvalue weighted by molar-refractivity contribution is 0.0514. The van der Waals surface area contributed by atoms with E-state index in [0.29, 0.717) is 12.5 Å². The monoisotopic (exact) mass is 335 g/mol. The molecule has 0 saturated heterocycles. The molecule has 0 fully saturated rings. The maximum Gasteiger partial charge on any atom is 0.142 e. The number of nitrogens with one attached hydrogen (secondary N) is 1. The van der Waals surface area contributed by atoms with Gasteiger partial charge in [-0.1, -0.05) is 13.8 Å². The molecule has 1 aromatic heterocycles. The van der Waals surface area contributed by atoms with Gasteiger partial charge in [0.05, 0.1) is 9.17 Å². The molecule has 0 aliphatic rings. The van der Waals surface area contributed by atoms with Crippen molar-refractivity contribution in [2.75, 3.05) is 11.9 Å². The summed E-state index contributed by atoms with van der Waals surface area (Å²) in [6.07, 6.45) is 4.01. The molecule has 1 aromatic rings. The van der Waals surface area contributed by atoms with Crippen LogP contribution in [0.2, 0.25) is 0 Å². The Morgan fingerprint density at radius 2 is 2.25 bits per heavy atom. The highest BCUT2D eigenvalue weighted by Gasteiger charge is 2.21. The predicted molar refractivity (Wildman–Crippen MR) is 73.3 cm³/mol. The summed E-state index contributed by atoms with van der Waals surface area (Å²) < 4.78 is 0.959. The molecule has 4 nitrogen and oxygen atoms in total. The van der Waals surface area contributed by atoms with E-state index in [-0.39, 0.29) is 0 Å². The van der Waals surface area contributed by atoms with Crippen LogP contribution in [0.3, 0.4) is 0 Å². The van der Waals surface area contributed by atoms with Gasteiger partial charge in [-0.25, -0.2) is 9.97 Å². The first-order chi connectivity index (χ1) is 7.41. The number of anilines is 1. The van der Waals surface area contributed by atoms with Crippen molar-refractivity contribution in [1.82, 2.24) is 9.97 Å². The molecule has 1 rings (SSSR count). The van der Waals surface area contributed by atoms with Crippen LogP contribution in [-0.2, 0) is 0 Å². The lowest BCUT2D eigenvalue weighted by atomic mass is 9.94. The van der Waals surface area contributed by atoms with Gasteiger partial charge in [0.2, 0.25) is 0 Å². The van der Waals surface area contributed by atoms with Crippen LogP contribution in [0.5, 0.6) is 0 Å². The van der Waals surface area contributed by atoms with Crippen molar-refractivity contribution in [2.45, 2.75) is 32.8 Å². The van der Waals surface area contributed by atoms with Crippen molar-refractivity contribution in [2.24, 2.45) is 5.92 Å². The van der Waals surface area contributed by atoms with E-state index in [1.165, 1.54) is 6.33 Å². The smallest absolute Gasteiger partial charge is 0.142 e. The highest BCUT2D eigenvalue weighted by Crippen LogP contribution is 2.18. The van der Waals surface area contributed by atoms with Crippen molar-refractivity contribution in [3.05, 3.63) is 16.1 Å². The van der Waals surface area contributed by atoms with Crippen LogP contribution in [0.1, 0.15) is 27.2 Å². The van der Waals surface area contributed by atoms with Crippen LogP contribution < -0.4 is 5.32 Å². The second kappa shape index (κ2) is 5.77. The van der Waals surface area contributed by atoms with E-state index in [9.17, 15) is 5.11 Å². The molecule has 0 aliphatic heterocycles. The first kappa shape index (κ1) is 13.6. The van der Waals surface area contributed by atoms with Crippen LogP contribution >= 0.6 is 22.6 Å². The Hall–Kier alpha value is -0.430. The maximum atomic E-state index is 10.1. The van der Waals surface area contributed by atoms with Gasteiger partial charge in [0.25, 0.3) is 0 Å². The summed E-state index contributed by atoms with van der Waals surface area (Å²) in [5, 5.41) is 13.3. The zero-order chi connectivity index (χ0) is 12.2. The first-order valence-corrected chi connectivity index (χ1v) is 6.40. The second-order valence-electron chi connectivity index (χ2n) is 4.67. The quantitative estimate of drug-likeness (QED) is 0.811. The van der Waals surface area contributed by atoms with Crippen LogP contribution in [-0.4, -0.2) is 27.2 Å². The Morgan fingerprint density at radius 1 is 1.56 bits per heavy atom. The SMILES string of the molecule is CC(C)CC(C)(O)CNc1ncncc1I. The van der Waals surface area contributed by atoms with Crippen LogP contribution in [0.4, 0.5) is 5.82 Å². The normalized spacial score (nSPS) is 14.9. The van der Waals surface area contributed by atoms with Gasteiger partial charge in [-0.15, -0.1) is 0 Å². The average molecular weight is 335 g/mol. The molecular formula is C11H18IN3O. The molecule has 0 spiro atoms. The Morgan fingerprint density at radius 3 is 2.81 bits per heavy atom. The van der Waals surface area contributed by atoms with Gasteiger partial charge in [-0.2, -0.15) is 0 Å². The van der Waals surface area contributed by atoms with Gasteiger partial charge in [-0.05, 0) is 41.9 Å². The van der Waals surface area contributed by atoms with E-state index in [2.05, 4.69) is 51.7 Å². The van der Waals surface area contributed by atoms with Crippen molar-refractivity contribution in [3.63, 3.8) is 0 Å². The number of aromatic nitrogens is 2. The minimum Gasteiger partial charge on any atom is -0.388 e. The number of halogens is 1. The lowest BCUT2D eigenvalue weighted by Gasteiger charge is -2.25. The van der Waals surface area contributed by atoms with Crippen molar-refractivity contribution in [3.8, 4) is 0 Å². The third-order valence-electron chi connectivity index (χ3n) is 2.15. The summed E-state index contributed by atoms with van der Waals surface area (Å²) in [6.45, 7) is 6.54. The molecule has 0 aromatic carbocycles. The van der Waals surface area contributed by atoms with E-state index in [0.717, 1.165) is 15.8 Å². The Balaban J connectivity index is 2.54. The molecule has 0 radical (unpaired) electrons. The highest BCUT2D eigenvalue weighted by atomic mass is 127. The number of hydrogen-bond donors (Lipinski definition) is 2. The van der Waals surface area contributed by atoms with Gasteiger partial charge >= 0.3 is 0 Å². The molecule has 0 bridgehead atoms. The van der Waals surface area contributed by atoms with E-state index >= 15 is 0 Å². The van der Waals surface area contributed by atoms with Gasteiger partial charge in [-0.3, -0.25) is 0 Å². The third kappa shape index (κ3) is 4.61. The average Bonchev–Trinajstić information content (AvgIpc) is 2.14. The number of aliphatic hydroxyl groups is 1.